The third-order valence-electron chi connectivity index (χ3n) is 3.80. The first-order valence-electron chi connectivity index (χ1n) is 8.29. The van der Waals surface area contributed by atoms with E-state index in [-0.39, 0.29) is 18.5 Å². The van der Waals surface area contributed by atoms with Gasteiger partial charge in [0, 0.05) is 9.77 Å². The molecule has 7 heteroatoms. The summed E-state index contributed by atoms with van der Waals surface area (Å²) >= 11 is 2.03. The van der Waals surface area contributed by atoms with Crippen LogP contribution in [0.3, 0.4) is 0 Å². The van der Waals surface area contributed by atoms with E-state index in [4.69, 9.17) is 0 Å². The summed E-state index contributed by atoms with van der Waals surface area (Å²) in [5, 5.41) is 7.97. The van der Waals surface area contributed by atoms with E-state index in [0.717, 1.165) is 10.4 Å². The van der Waals surface area contributed by atoms with Crippen LogP contribution >= 0.6 is 23.1 Å². The standard InChI is InChI=1S/C20H18F2N2OS2/c21-20(22)27-16-10-5-4-9-15(16)24-18(25)13-23-19(17-11-6-12-26-17)14-7-2-1-3-8-14/h1-12,19-20,23H,13H2,(H,24,25)/t19-/m1/s1. The lowest BCUT2D eigenvalue weighted by Crippen LogP contribution is -2.31. The molecule has 1 aromatic heterocycles. The van der Waals surface area contributed by atoms with Gasteiger partial charge in [-0.05, 0) is 29.1 Å². The number of alkyl halides is 2. The molecular weight excluding hydrogens is 386 g/mol. The minimum absolute atomic E-state index is 0.0607. The van der Waals surface area contributed by atoms with Gasteiger partial charge in [0.15, 0.2) is 0 Å². The lowest BCUT2D eigenvalue weighted by Gasteiger charge is -2.18. The fourth-order valence-corrected chi connectivity index (χ4v) is 4.06. The zero-order valence-corrected chi connectivity index (χ0v) is 15.9. The molecule has 0 saturated heterocycles. The van der Waals surface area contributed by atoms with E-state index in [1.807, 2.05) is 47.8 Å². The fraction of sp³-hybridized carbons (Fsp3) is 0.150. The Morgan fingerprint density at radius 1 is 1.00 bits per heavy atom. The zero-order chi connectivity index (χ0) is 19.1. The third kappa shape index (κ3) is 5.63. The molecule has 2 N–H and O–H groups in total. The number of rotatable bonds is 8. The average Bonchev–Trinajstić information content (AvgIpc) is 3.18. The first-order chi connectivity index (χ1) is 13.1. The lowest BCUT2D eigenvalue weighted by molar-refractivity contribution is -0.115. The van der Waals surface area contributed by atoms with Crippen molar-refractivity contribution in [1.82, 2.24) is 5.32 Å². The molecule has 1 amide bonds. The Kier molecular flexibility index (Phi) is 6.98. The highest BCUT2D eigenvalue weighted by Gasteiger charge is 2.17. The van der Waals surface area contributed by atoms with E-state index in [1.54, 1.807) is 35.6 Å². The van der Waals surface area contributed by atoms with Crippen LogP contribution in [0, 0.1) is 0 Å². The number of hydrogen-bond donors (Lipinski definition) is 2. The molecule has 0 fully saturated rings. The number of carbonyl (C=O) groups excluding carboxylic acids is 1. The monoisotopic (exact) mass is 404 g/mol. The molecule has 0 aliphatic carbocycles. The summed E-state index contributed by atoms with van der Waals surface area (Å²) in [6.45, 7) is 0.0607. The Morgan fingerprint density at radius 2 is 1.74 bits per heavy atom. The third-order valence-corrected chi connectivity index (χ3v) is 5.53. The van der Waals surface area contributed by atoms with Crippen molar-refractivity contribution in [3.8, 4) is 0 Å². The van der Waals surface area contributed by atoms with E-state index < -0.39 is 5.76 Å². The van der Waals surface area contributed by atoms with Gasteiger partial charge < -0.3 is 5.32 Å². The number of nitrogens with one attached hydrogen (secondary N) is 2. The van der Waals surface area contributed by atoms with E-state index >= 15 is 0 Å². The van der Waals surface area contributed by atoms with Crippen molar-refractivity contribution in [3.63, 3.8) is 0 Å². The molecule has 2 aromatic carbocycles. The normalized spacial score (nSPS) is 12.1. The maximum Gasteiger partial charge on any atom is 0.288 e. The highest BCUT2D eigenvalue weighted by molar-refractivity contribution is 7.99. The van der Waals surface area contributed by atoms with Crippen LogP contribution in [-0.4, -0.2) is 18.2 Å². The Morgan fingerprint density at radius 3 is 2.44 bits per heavy atom. The topological polar surface area (TPSA) is 41.1 Å². The Bertz CT molecular complexity index is 857. The summed E-state index contributed by atoms with van der Waals surface area (Å²) in [5.41, 5.74) is 1.45. The minimum atomic E-state index is -2.54. The van der Waals surface area contributed by atoms with Crippen molar-refractivity contribution in [2.24, 2.45) is 0 Å². The molecular formula is C20H18F2N2OS2. The minimum Gasteiger partial charge on any atom is -0.324 e. The largest absolute Gasteiger partial charge is 0.324 e. The van der Waals surface area contributed by atoms with Crippen molar-refractivity contribution in [2.75, 3.05) is 11.9 Å². The molecule has 0 radical (unpaired) electrons. The summed E-state index contributed by atoms with van der Waals surface area (Å²) in [6, 6.07) is 20.3. The van der Waals surface area contributed by atoms with E-state index in [1.165, 1.54) is 0 Å². The average molecular weight is 405 g/mol. The Labute approximate surface area is 164 Å². The Hall–Kier alpha value is -2.22. The number of para-hydroxylation sites is 1. The van der Waals surface area contributed by atoms with Crippen LogP contribution in [0.4, 0.5) is 14.5 Å². The molecule has 27 heavy (non-hydrogen) atoms. The fourth-order valence-electron chi connectivity index (χ4n) is 2.64. The highest BCUT2D eigenvalue weighted by atomic mass is 32.2. The molecule has 3 nitrogen and oxygen atoms in total. The molecule has 3 rings (SSSR count). The van der Waals surface area contributed by atoms with Crippen LogP contribution in [-0.2, 0) is 4.79 Å². The molecule has 0 aliphatic rings. The van der Waals surface area contributed by atoms with E-state index in [9.17, 15) is 13.6 Å². The van der Waals surface area contributed by atoms with Gasteiger partial charge in [-0.3, -0.25) is 10.1 Å². The molecule has 0 bridgehead atoms. The van der Waals surface area contributed by atoms with Gasteiger partial charge in [-0.2, -0.15) is 8.78 Å². The highest BCUT2D eigenvalue weighted by Crippen LogP contribution is 2.31. The second kappa shape index (κ2) is 9.64. The first kappa shape index (κ1) is 19.5. The van der Waals surface area contributed by atoms with Crippen LogP contribution < -0.4 is 10.6 Å². The molecule has 3 aromatic rings. The van der Waals surface area contributed by atoms with Gasteiger partial charge in [-0.1, -0.05) is 60.3 Å². The van der Waals surface area contributed by atoms with Crippen molar-refractivity contribution >= 4 is 34.7 Å². The van der Waals surface area contributed by atoms with Crippen molar-refractivity contribution in [2.45, 2.75) is 16.7 Å². The summed E-state index contributed by atoms with van der Waals surface area (Å²) in [4.78, 5) is 13.8. The quantitative estimate of drug-likeness (QED) is 0.495. The molecule has 0 spiro atoms. The smallest absolute Gasteiger partial charge is 0.288 e. The lowest BCUT2D eigenvalue weighted by atomic mass is 10.1. The second-order valence-corrected chi connectivity index (χ2v) is 7.67. The predicted molar refractivity (Wildman–Crippen MR) is 108 cm³/mol. The van der Waals surface area contributed by atoms with Crippen LogP contribution in [0.2, 0.25) is 0 Å². The molecule has 140 valence electrons. The predicted octanol–water partition coefficient (Wildman–Crippen LogP) is 5.38. The van der Waals surface area contributed by atoms with Crippen LogP contribution in [0.5, 0.6) is 0 Å². The van der Waals surface area contributed by atoms with E-state index in [0.29, 0.717) is 22.3 Å². The number of thiophene rings is 1. The maximum atomic E-state index is 12.7. The summed E-state index contributed by atoms with van der Waals surface area (Å²) in [6.07, 6.45) is 0. The Balaban J connectivity index is 1.67. The maximum absolute atomic E-state index is 12.7. The number of hydrogen-bond acceptors (Lipinski definition) is 4. The second-order valence-electron chi connectivity index (χ2n) is 5.66. The van der Waals surface area contributed by atoms with Crippen LogP contribution in [0.15, 0.2) is 77.0 Å². The van der Waals surface area contributed by atoms with Crippen LogP contribution in [0.25, 0.3) is 0 Å². The number of anilines is 1. The number of amides is 1. The summed E-state index contributed by atoms with van der Waals surface area (Å²) < 4.78 is 25.4. The number of carbonyl (C=O) groups is 1. The number of thioether (sulfide) groups is 1. The molecule has 0 aliphatic heterocycles. The molecule has 0 saturated carbocycles. The van der Waals surface area contributed by atoms with Gasteiger partial charge in [0.1, 0.15) is 0 Å². The van der Waals surface area contributed by atoms with Gasteiger partial charge in [0.05, 0.1) is 18.3 Å². The van der Waals surface area contributed by atoms with Gasteiger partial charge in [-0.25, -0.2) is 0 Å². The molecule has 0 unspecified atom stereocenters. The van der Waals surface area contributed by atoms with Crippen molar-refractivity contribution < 1.29 is 13.6 Å². The van der Waals surface area contributed by atoms with E-state index in [2.05, 4.69) is 10.6 Å². The zero-order valence-electron chi connectivity index (χ0n) is 14.3. The molecule has 1 atom stereocenters. The molecule has 1 heterocycles. The summed E-state index contributed by atoms with van der Waals surface area (Å²) in [5.74, 6) is -2.82. The van der Waals surface area contributed by atoms with Crippen molar-refractivity contribution in [3.05, 3.63) is 82.6 Å². The summed E-state index contributed by atoms with van der Waals surface area (Å²) in [7, 11) is 0. The number of halogens is 2. The first-order valence-corrected chi connectivity index (χ1v) is 10.0. The number of benzene rings is 2. The van der Waals surface area contributed by atoms with Crippen molar-refractivity contribution in [1.29, 1.82) is 0 Å². The van der Waals surface area contributed by atoms with Gasteiger partial charge >= 0.3 is 0 Å². The van der Waals surface area contributed by atoms with Gasteiger partial charge in [-0.15, -0.1) is 11.3 Å². The van der Waals surface area contributed by atoms with Crippen LogP contribution in [0.1, 0.15) is 16.5 Å². The SMILES string of the molecule is O=C(CN[C@H](c1ccccc1)c1cccs1)Nc1ccccc1SC(F)F. The van der Waals surface area contributed by atoms with Gasteiger partial charge in [0.2, 0.25) is 5.91 Å². The van der Waals surface area contributed by atoms with Gasteiger partial charge in [0.25, 0.3) is 5.76 Å².